The average molecular weight is 234 g/mol. The number of nitrogens with two attached hydrogens (primary N) is 1. The molecule has 3 aliphatic rings. The highest BCUT2D eigenvalue weighted by Crippen LogP contribution is 2.55. The highest BCUT2D eigenvalue weighted by Gasteiger charge is 2.55. The van der Waals surface area contributed by atoms with Gasteiger partial charge in [-0.05, 0) is 42.9 Å². The van der Waals surface area contributed by atoms with Crippen molar-refractivity contribution in [3.8, 4) is 0 Å². The van der Waals surface area contributed by atoms with Gasteiger partial charge in [0.1, 0.15) is 0 Å². The van der Waals surface area contributed by atoms with Crippen molar-refractivity contribution >= 4 is 0 Å². The molecule has 2 N–H and O–H groups in total. The van der Waals surface area contributed by atoms with Gasteiger partial charge >= 0.3 is 0 Å². The van der Waals surface area contributed by atoms with Crippen LogP contribution in [-0.2, 0) is 0 Å². The van der Waals surface area contributed by atoms with Gasteiger partial charge in [-0.3, -0.25) is 4.90 Å². The Hall–Kier alpha value is -0.340. The second kappa shape index (κ2) is 4.10. The molecular formula is C15H26N2. The Labute approximate surface area is 105 Å². The lowest BCUT2D eigenvalue weighted by Crippen LogP contribution is -2.46. The van der Waals surface area contributed by atoms with E-state index >= 15 is 0 Å². The van der Waals surface area contributed by atoms with Gasteiger partial charge in [0.25, 0.3) is 0 Å². The first-order valence-electron chi connectivity index (χ1n) is 7.27. The summed E-state index contributed by atoms with van der Waals surface area (Å²) in [6.07, 6.45) is 6.42. The number of hydrogen-bond donors (Lipinski definition) is 1. The standard InChI is InChI=1S/C15H26N2/c1-9(2)15-14-12-5-4-11(6-12)13(14)8-17(15)10(3)7-16/h4-5,9-15H,6-8,16H2,1-3H3. The maximum Gasteiger partial charge on any atom is 0.0193 e. The second-order valence-corrected chi connectivity index (χ2v) is 6.71. The molecule has 2 aliphatic carbocycles. The summed E-state index contributed by atoms with van der Waals surface area (Å²) >= 11 is 0. The molecule has 2 bridgehead atoms. The highest BCUT2D eigenvalue weighted by molar-refractivity contribution is 5.19. The van der Waals surface area contributed by atoms with E-state index in [1.165, 1.54) is 13.0 Å². The summed E-state index contributed by atoms with van der Waals surface area (Å²) in [5.74, 6) is 4.34. The van der Waals surface area contributed by atoms with Crippen molar-refractivity contribution in [2.45, 2.75) is 39.3 Å². The molecule has 1 aliphatic heterocycles. The molecule has 0 aromatic heterocycles. The summed E-state index contributed by atoms with van der Waals surface area (Å²) in [5.41, 5.74) is 5.89. The molecule has 2 fully saturated rings. The first kappa shape index (κ1) is 11.7. The third kappa shape index (κ3) is 1.61. The predicted octanol–water partition coefficient (Wildman–Crippen LogP) is 2.11. The van der Waals surface area contributed by atoms with Crippen LogP contribution >= 0.6 is 0 Å². The summed E-state index contributed by atoms with van der Waals surface area (Å²) in [5, 5.41) is 0. The molecule has 6 unspecified atom stereocenters. The predicted molar refractivity (Wildman–Crippen MR) is 71.6 cm³/mol. The Balaban J connectivity index is 1.86. The molecule has 3 rings (SSSR count). The first-order valence-corrected chi connectivity index (χ1v) is 7.27. The van der Waals surface area contributed by atoms with E-state index in [4.69, 9.17) is 5.73 Å². The van der Waals surface area contributed by atoms with Gasteiger partial charge in [-0.25, -0.2) is 0 Å². The van der Waals surface area contributed by atoms with Gasteiger partial charge in [-0.1, -0.05) is 26.0 Å². The average Bonchev–Trinajstić information content (AvgIpc) is 2.97. The van der Waals surface area contributed by atoms with Crippen molar-refractivity contribution in [2.75, 3.05) is 13.1 Å². The second-order valence-electron chi connectivity index (χ2n) is 6.71. The van der Waals surface area contributed by atoms with Crippen LogP contribution in [0.1, 0.15) is 27.2 Å². The Morgan fingerprint density at radius 3 is 2.59 bits per heavy atom. The quantitative estimate of drug-likeness (QED) is 0.758. The molecule has 17 heavy (non-hydrogen) atoms. The van der Waals surface area contributed by atoms with Crippen molar-refractivity contribution in [1.29, 1.82) is 0 Å². The van der Waals surface area contributed by atoms with Crippen LogP contribution in [0.3, 0.4) is 0 Å². The van der Waals surface area contributed by atoms with E-state index in [2.05, 4.69) is 37.8 Å². The maximum absolute atomic E-state index is 5.89. The Morgan fingerprint density at radius 2 is 1.94 bits per heavy atom. The van der Waals surface area contributed by atoms with Crippen molar-refractivity contribution in [1.82, 2.24) is 4.90 Å². The molecule has 0 radical (unpaired) electrons. The van der Waals surface area contributed by atoms with E-state index in [1.54, 1.807) is 0 Å². The van der Waals surface area contributed by atoms with E-state index in [1.807, 2.05) is 0 Å². The molecule has 2 nitrogen and oxygen atoms in total. The van der Waals surface area contributed by atoms with Crippen LogP contribution in [0, 0.1) is 29.6 Å². The third-order valence-electron chi connectivity index (χ3n) is 5.48. The molecule has 1 saturated heterocycles. The molecule has 0 amide bonds. The number of likely N-dealkylation sites (tertiary alicyclic amines) is 1. The van der Waals surface area contributed by atoms with Crippen molar-refractivity contribution in [3.63, 3.8) is 0 Å². The lowest BCUT2D eigenvalue weighted by atomic mass is 9.78. The van der Waals surface area contributed by atoms with Gasteiger partial charge in [0.05, 0.1) is 0 Å². The van der Waals surface area contributed by atoms with Gasteiger partial charge in [0.2, 0.25) is 0 Å². The fraction of sp³-hybridized carbons (Fsp3) is 0.867. The smallest absolute Gasteiger partial charge is 0.0193 e. The minimum Gasteiger partial charge on any atom is -0.329 e. The van der Waals surface area contributed by atoms with E-state index in [0.29, 0.717) is 6.04 Å². The maximum atomic E-state index is 5.89. The molecule has 0 aromatic carbocycles. The minimum atomic E-state index is 0.549. The summed E-state index contributed by atoms with van der Waals surface area (Å²) in [7, 11) is 0. The lowest BCUT2D eigenvalue weighted by molar-refractivity contribution is 0.124. The molecule has 2 heteroatoms. The van der Waals surface area contributed by atoms with Gasteiger partial charge in [-0.15, -0.1) is 0 Å². The van der Waals surface area contributed by atoms with Crippen molar-refractivity contribution in [2.24, 2.45) is 35.3 Å². The molecule has 1 heterocycles. The molecular weight excluding hydrogens is 208 g/mol. The van der Waals surface area contributed by atoms with Gasteiger partial charge in [0, 0.05) is 25.2 Å². The van der Waals surface area contributed by atoms with E-state index in [-0.39, 0.29) is 0 Å². The monoisotopic (exact) mass is 234 g/mol. The summed E-state index contributed by atoms with van der Waals surface area (Å²) < 4.78 is 0. The number of allylic oxidation sites excluding steroid dienone is 2. The number of hydrogen-bond acceptors (Lipinski definition) is 2. The van der Waals surface area contributed by atoms with Crippen LogP contribution in [0.2, 0.25) is 0 Å². The van der Waals surface area contributed by atoms with E-state index < -0.39 is 0 Å². The van der Waals surface area contributed by atoms with Gasteiger partial charge in [0.15, 0.2) is 0 Å². The third-order valence-corrected chi connectivity index (χ3v) is 5.48. The zero-order chi connectivity index (χ0) is 12.2. The fourth-order valence-corrected chi connectivity index (χ4v) is 4.75. The molecule has 96 valence electrons. The fourth-order valence-electron chi connectivity index (χ4n) is 4.75. The molecule has 0 spiro atoms. The molecule has 1 saturated carbocycles. The topological polar surface area (TPSA) is 29.3 Å². The number of rotatable bonds is 3. The first-order chi connectivity index (χ1) is 8.13. The Morgan fingerprint density at radius 1 is 1.24 bits per heavy atom. The normalized spacial score (nSPS) is 45.8. The SMILES string of the molecule is CC(C)C1C2C3C=CC(C3)C2CN1C(C)CN. The molecule has 6 atom stereocenters. The Bertz CT molecular complexity index is 323. The van der Waals surface area contributed by atoms with Gasteiger partial charge < -0.3 is 5.73 Å². The summed E-state index contributed by atoms with van der Waals surface area (Å²) in [6.45, 7) is 9.16. The van der Waals surface area contributed by atoms with Gasteiger partial charge in [-0.2, -0.15) is 0 Å². The zero-order valence-electron chi connectivity index (χ0n) is 11.3. The van der Waals surface area contributed by atoms with Crippen LogP contribution in [0.15, 0.2) is 12.2 Å². The van der Waals surface area contributed by atoms with Crippen LogP contribution < -0.4 is 5.73 Å². The van der Waals surface area contributed by atoms with E-state index in [0.717, 1.165) is 42.2 Å². The van der Waals surface area contributed by atoms with E-state index in [9.17, 15) is 0 Å². The molecule has 0 aromatic rings. The summed E-state index contributed by atoms with van der Waals surface area (Å²) in [6, 6.07) is 1.31. The summed E-state index contributed by atoms with van der Waals surface area (Å²) in [4.78, 5) is 2.71. The van der Waals surface area contributed by atoms with Crippen LogP contribution in [0.5, 0.6) is 0 Å². The largest absolute Gasteiger partial charge is 0.329 e. The number of nitrogens with zero attached hydrogens (tertiary/aromatic N) is 1. The number of fused-ring (bicyclic) bond motifs is 5. The van der Waals surface area contributed by atoms with Crippen LogP contribution in [0.4, 0.5) is 0 Å². The van der Waals surface area contributed by atoms with Crippen molar-refractivity contribution < 1.29 is 0 Å². The minimum absolute atomic E-state index is 0.549. The zero-order valence-corrected chi connectivity index (χ0v) is 11.3. The van der Waals surface area contributed by atoms with Crippen LogP contribution in [0.25, 0.3) is 0 Å². The Kier molecular flexibility index (Phi) is 2.83. The van der Waals surface area contributed by atoms with Crippen LogP contribution in [-0.4, -0.2) is 30.1 Å². The highest BCUT2D eigenvalue weighted by atomic mass is 15.2. The lowest BCUT2D eigenvalue weighted by Gasteiger charge is -2.36. The van der Waals surface area contributed by atoms with Crippen molar-refractivity contribution in [3.05, 3.63) is 12.2 Å².